The van der Waals surface area contributed by atoms with E-state index < -0.39 is 0 Å². The highest BCUT2D eigenvalue weighted by Crippen LogP contribution is 2.14. The zero-order valence-corrected chi connectivity index (χ0v) is 21.9. The van der Waals surface area contributed by atoms with Crippen LogP contribution in [0, 0.1) is 0 Å². The van der Waals surface area contributed by atoms with E-state index in [1.54, 1.807) is 0 Å². The maximum absolute atomic E-state index is 11.8. The first-order chi connectivity index (χ1) is 15.3. The third-order valence-corrected chi connectivity index (χ3v) is 6.57. The topological polar surface area (TPSA) is 17.1 Å². The Balaban J connectivity index is 3.15. The van der Waals surface area contributed by atoms with Gasteiger partial charge in [-0.1, -0.05) is 115 Å². The Morgan fingerprint density at radius 3 is 1.29 bits per heavy atom. The number of alkyl halides is 1. The summed E-state index contributed by atoms with van der Waals surface area (Å²) in [7, 11) is 0. The van der Waals surface area contributed by atoms with E-state index in [9.17, 15) is 4.79 Å². The normalized spacial score (nSPS) is 11.5. The predicted molar refractivity (Wildman–Crippen MR) is 141 cm³/mol. The Morgan fingerprint density at radius 2 is 0.871 bits per heavy atom. The average Bonchev–Trinajstić information content (AvgIpc) is 2.77. The first kappa shape index (κ1) is 30.7. The Labute approximate surface area is 201 Å². The molecule has 0 aliphatic carbocycles. The molecule has 1 nitrogen and oxygen atoms in total. The molecule has 0 fully saturated rings. The van der Waals surface area contributed by atoms with Gasteiger partial charge in [-0.15, -0.1) is 11.6 Å². The van der Waals surface area contributed by atoms with Gasteiger partial charge in [0.25, 0.3) is 0 Å². The molecule has 0 unspecified atom stereocenters. The Hall–Kier alpha value is -0.300. The van der Waals surface area contributed by atoms with Crippen molar-refractivity contribution in [3.05, 3.63) is 12.2 Å². The van der Waals surface area contributed by atoms with Crippen LogP contribution in [-0.4, -0.2) is 11.7 Å². The SMILES string of the molecule is CCCCCCCC/C=C\CCCCCCCCCCCCC(=O)CCCCCCCl. The molecule has 0 radical (unpaired) electrons. The van der Waals surface area contributed by atoms with Gasteiger partial charge >= 0.3 is 0 Å². The van der Waals surface area contributed by atoms with Gasteiger partial charge < -0.3 is 0 Å². The molecule has 0 saturated heterocycles. The molecule has 31 heavy (non-hydrogen) atoms. The summed E-state index contributed by atoms with van der Waals surface area (Å²) in [5, 5.41) is 0. The fraction of sp³-hybridized carbons (Fsp3) is 0.897. The Kier molecular flexibility index (Phi) is 27.5. The lowest BCUT2D eigenvalue weighted by Gasteiger charge is -2.03. The fourth-order valence-electron chi connectivity index (χ4n) is 4.17. The second-order valence-corrected chi connectivity index (χ2v) is 9.87. The molecule has 0 aliphatic rings. The number of hydrogen-bond acceptors (Lipinski definition) is 1. The number of halogens is 1. The van der Waals surface area contributed by atoms with Crippen molar-refractivity contribution in [3.8, 4) is 0 Å². The lowest BCUT2D eigenvalue weighted by molar-refractivity contribution is -0.119. The minimum Gasteiger partial charge on any atom is -0.300 e. The summed E-state index contributed by atoms with van der Waals surface area (Å²) >= 11 is 5.67. The zero-order valence-electron chi connectivity index (χ0n) is 21.1. The van der Waals surface area contributed by atoms with Crippen LogP contribution in [0.4, 0.5) is 0 Å². The van der Waals surface area contributed by atoms with Crippen LogP contribution < -0.4 is 0 Å². The largest absolute Gasteiger partial charge is 0.300 e. The van der Waals surface area contributed by atoms with Crippen molar-refractivity contribution >= 4 is 17.4 Å². The van der Waals surface area contributed by atoms with E-state index in [1.807, 2.05) is 0 Å². The summed E-state index contributed by atoms with van der Waals surface area (Å²) in [5.41, 5.74) is 0. The fourth-order valence-corrected chi connectivity index (χ4v) is 4.36. The Bertz CT molecular complexity index is 377. The number of allylic oxidation sites excluding steroid dienone is 2. The highest BCUT2D eigenvalue weighted by molar-refractivity contribution is 6.17. The molecule has 0 aromatic heterocycles. The summed E-state index contributed by atoms with van der Waals surface area (Å²) in [6.07, 6.45) is 35.3. The summed E-state index contributed by atoms with van der Waals surface area (Å²) in [6, 6.07) is 0. The van der Waals surface area contributed by atoms with Gasteiger partial charge in [0.1, 0.15) is 5.78 Å². The van der Waals surface area contributed by atoms with E-state index in [1.165, 1.54) is 116 Å². The molecule has 0 aromatic carbocycles. The Morgan fingerprint density at radius 1 is 0.516 bits per heavy atom. The lowest BCUT2D eigenvalue weighted by Crippen LogP contribution is -1.97. The molecule has 0 N–H and O–H groups in total. The van der Waals surface area contributed by atoms with Gasteiger partial charge in [-0.25, -0.2) is 0 Å². The number of unbranched alkanes of at least 4 members (excludes halogenated alkanes) is 19. The van der Waals surface area contributed by atoms with Crippen LogP contribution in [0.25, 0.3) is 0 Å². The zero-order chi connectivity index (χ0) is 22.7. The van der Waals surface area contributed by atoms with E-state index in [-0.39, 0.29) is 0 Å². The third-order valence-electron chi connectivity index (χ3n) is 6.31. The average molecular weight is 455 g/mol. The van der Waals surface area contributed by atoms with Crippen LogP contribution in [0.3, 0.4) is 0 Å². The van der Waals surface area contributed by atoms with Crippen molar-refractivity contribution in [2.24, 2.45) is 0 Å². The van der Waals surface area contributed by atoms with Gasteiger partial charge in [0, 0.05) is 18.7 Å². The molecule has 2 heteroatoms. The van der Waals surface area contributed by atoms with Crippen molar-refractivity contribution < 1.29 is 4.79 Å². The van der Waals surface area contributed by atoms with Crippen LogP contribution in [0.2, 0.25) is 0 Å². The first-order valence-corrected chi connectivity index (χ1v) is 14.6. The van der Waals surface area contributed by atoms with Crippen LogP contribution >= 0.6 is 11.6 Å². The molecule has 0 bridgehead atoms. The summed E-state index contributed by atoms with van der Waals surface area (Å²) in [5.74, 6) is 1.23. The maximum Gasteiger partial charge on any atom is 0.132 e. The minimum absolute atomic E-state index is 0.475. The molecule has 184 valence electrons. The predicted octanol–water partition coefficient (Wildman–Crippen LogP) is 10.7. The quantitative estimate of drug-likeness (QED) is 0.0720. The van der Waals surface area contributed by atoms with Gasteiger partial charge in [-0.05, 0) is 44.9 Å². The number of ketones is 1. The van der Waals surface area contributed by atoms with Crippen LogP contribution in [0.1, 0.15) is 161 Å². The maximum atomic E-state index is 11.8. The first-order valence-electron chi connectivity index (χ1n) is 14.0. The molecule has 0 aromatic rings. The molecule has 0 aliphatic heterocycles. The number of carbonyl (C=O) groups excluding carboxylic acids is 1. The summed E-state index contributed by atoms with van der Waals surface area (Å²) in [6.45, 7) is 2.28. The van der Waals surface area contributed by atoms with E-state index in [4.69, 9.17) is 11.6 Å². The number of hydrogen-bond donors (Lipinski definition) is 0. The lowest BCUT2D eigenvalue weighted by atomic mass is 10.0. The van der Waals surface area contributed by atoms with Gasteiger partial charge in [-0.2, -0.15) is 0 Å². The van der Waals surface area contributed by atoms with E-state index in [2.05, 4.69) is 19.1 Å². The minimum atomic E-state index is 0.475. The van der Waals surface area contributed by atoms with Crippen LogP contribution in [0.15, 0.2) is 12.2 Å². The van der Waals surface area contributed by atoms with Crippen LogP contribution in [-0.2, 0) is 4.79 Å². The second kappa shape index (κ2) is 27.7. The van der Waals surface area contributed by atoms with Gasteiger partial charge in [-0.3, -0.25) is 4.79 Å². The van der Waals surface area contributed by atoms with Gasteiger partial charge in [0.15, 0.2) is 0 Å². The molecule has 0 heterocycles. The number of carbonyl (C=O) groups is 1. The van der Waals surface area contributed by atoms with Crippen molar-refractivity contribution in [1.82, 2.24) is 0 Å². The monoisotopic (exact) mass is 454 g/mol. The van der Waals surface area contributed by atoms with Crippen molar-refractivity contribution in [2.45, 2.75) is 161 Å². The van der Waals surface area contributed by atoms with Crippen molar-refractivity contribution in [1.29, 1.82) is 0 Å². The van der Waals surface area contributed by atoms with Crippen molar-refractivity contribution in [3.63, 3.8) is 0 Å². The molecule has 0 rings (SSSR count). The summed E-state index contributed by atoms with van der Waals surface area (Å²) < 4.78 is 0. The second-order valence-electron chi connectivity index (χ2n) is 9.49. The molecule has 0 saturated carbocycles. The van der Waals surface area contributed by atoms with E-state index in [0.717, 1.165) is 44.4 Å². The smallest absolute Gasteiger partial charge is 0.132 e. The highest BCUT2D eigenvalue weighted by atomic mass is 35.5. The standard InChI is InChI=1S/C29H55ClO/c1-2-3-4-5-6-7-8-9-10-11-12-13-14-15-16-17-18-19-20-23-26-29(31)27-24-21-22-25-28-30/h9-10H,2-8,11-28H2,1H3/b10-9-. The van der Waals surface area contributed by atoms with Gasteiger partial charge in [0.05, 0.1) is 0 Å². The van der Waals surface area contributed by atoms with Crippen molar-refractivity contribution in [2.75, 3.05) is 5.88 Å². The molecule has 0 spiro atoms. The number of rotatable bonds is 26. The van der Waals surface area contributed by atoms with Gasteiger partial charge in [0.2, 0.25) is 0 Å². The van der Waals surface area contributed by atoms with E-state index in [0.29, 0.717) is 5.78 Å². The van der Waals surface area contributed by atoms with Crippen LogP contribution in [0.5, 0.6) is 0 Å². The number of Topliss-reactive ketones (excluding diaryl/α,β-unsaturated/α-hetero) is 1. The molecule has 0 amide bonds. The van der Waals surface area contributed by atoms with E-state index >= 15 is 0 Å². The summed E-state index contributed by atoms with van der Waals surface area (Å²) in [4.78, 5) is 11.8. The third kappa shape index (κ3) is 27.7. The molecular weight excluding hydrogens is 400 g/mol. The molecule has 0 atom stereocenters. The molecular formula is C29H55ClO. The highest BCUT2D eigenvalue weighted by Gasteiger charge is 2.02.